The molecular formula is C16H22N6O. The van der Waals surface area contributed by atoms with E-state index in [1.54, 1.807) is 18.5 Å². The first-order valence-electron chi connectivity index (χ1n) is 8.25. The number of aryl methyl sites for hydroxylation is 1. The van der Waals surface area contributed by atoms with Gasteiger partial charge in [0, 0.05) is 55.9 Å². The van der Waals surface area contributed by atoms with E-state index < -0.39 is 0 Å². The molecule has 1 aliphatic heterocycles. The summed E-state index contributed by atoms with van der Waals surface area (Å²) in [6.45, 7) is 4.41. The highest BCUT2D eigenvalue weighted by atomic mass is 16.1. The van der Waals surface area contributed by atoms with E-state index in [0.717, 1.165) is 56.7 Å². The highest BCUT2D eigenvalue weighted by molar-refractivity contribution is 5.26. The molecule has 0 radical (unpaired) electrons. The third kappa shape index (κ3) is 2.70. The van der Waals surface area contributed by atoms with Crippen molar-refractivity contribution >= 4 is 0 Å². The lowest BCUT2D eigenvalue weighted by Crippen LogP contribution is -2.50. The standard InChI is InChI=1S/C16H22N6O/c1-20-7-9-21(10-8-20)12-3-4-14-13(11-12)15(23)22(19-14)16-17-5-2-6-18-16/h2,5-6,12,19H,3-4,7-11H2,1H3. The smallest absolute Gasteiger partial charge is 0.277 e. The summed E-state index contributed by atoms with van der Waals surface area (Å²) in [6, 6.07) is 2.23. The summed E-state index contributed by atoms with van der Waals surface area (Å²) in [5.74, 6) is 0.419. The minimum atomic E-state index is 0.00466. The van der Waals surface area contributed by atoms with Crippen LogP contribution in [0.4, 0.5) is 0 Å². The number of piperazine rings is 1. The normalized spacial score (nSPS) is 22.9. The summed E-state index contributed by atoms with van der Waals surface area (Å²) < 4.78 is 1.48. The largest absolute Gasteiger partial charge is 0.304 e. The summed E-state index contributed by atoms with van der Waals surface area (Å²) >= 11 is 0. The Kier molecular flexibility index (Phi) is 3.74. The molecule has 1 aliphatic carbocycles. The number of fused-ring (bicyclic) bond motifs is 1. The number of rotatable bonds is 2. The predicted molar refractivity (Wildman–Crippen MR) is 86.9 cm³/mol. The molecule has 1 N–H and O–H groups in total. The van der Waals surface area contributed by atoms with Crippen LogP contribution in [0.5, 0.6) is 0 Å². The van der Waals surface area contributed by atoms with Gasteiger partial charge in [-0.05, 0) is 32.4 Å². The van der Waals surface area contributed by atoms with Crippen molar-refractivity contribution in [2.24, 2.45) is 0 Å². The van der Waals surface area contributed by atoms with E-state index in [1.807, 2.05) is 0 Å². The van der Waals surface area contributed by atoms with Crippen molar-refractivity contribution in [2.45, 2.75) is 25.3 Å². The quantitative estimate of drug-likeness (QED) is 0.849. The molecule has 0 bridgehead atoms. The van der Waals surface area contributed by atoms with Gasteiger partial charge in [-0.3, -0.25) is 14.8 Å². The maximum absolute atomic E-state index is 12.7. The molecule has 1 fully saturated rings. The first kappa shape index (κ1) is 14.6. The molecule has 23 heavy (non-hydrogen) atoms. The molecular weight excluding hydrogens is 292 g/mol. The Bertz CT molecular complexity index is 729. The number of aromatic nitrogens is 4. The molecule has 3 heterocycles. The molecule has 0 amide bonds. The lowest BCUT2D eigenvalue weighted by atomic mass is 9.92. The summed E-state index contributed by atoms with van der Waals surface area (Å²) in [7, 11) is 2.17. The molecule has 1 saturated heterocycles. The minimum Gasteiger partial charge on any atom is -0.304 e. The second-order valence-electron chi connectivity index (χ2n) is 6.49. The van der Waals surface area contributed by atoms with Crippen LogP contribution in [0.25, 0.3) is 5.95 Å². The van der Waals surface area contributed by atoms with Gasteiger partial charge in [-0.25, -0.2) is 9.97 Å². The van der Waals surface area contributed by atoms with Crippen molar-refractivity contribution in [3.63, 3.8) is 0 Å². The zero-order valence-electron chi connectivity index (χ0n) is 13.4. The fraction of sp³-hybridized carbons (Fsp3) is 0.562. The monoisotopic (exact) mass is 314 g/mol. The van der Waals surface area contributed by atoms with Gasteiger partial charge in [0.2, 0.25) is 0 Å². The van der Waals surface area contributed by atoms with Crippen LogP contribution in [-0.4, -0.2) is 68.8 Å². The number of nitrogens with zero attached hydrogens (tertiary/aromatic N) is 5. The molecule has 2 aliphatic rings. The van der Waals surface area contributed by atoms with E-state index in [-0.39, 0.29) is 5.56 Å². The molecule has 7 heteroatoms. The second kappa shape index (κ2) is 5.90. The lowest BCUT2D eigenvalue weighted by Gasteiger charge is -2.39. The summed E-state index contributed by atoms with van der Waals surface area (Å²) in [6.07, 6.45) is 6.16. The van der Waals surface area contributed by atoms with Crippen LogP contribution in [0.15, 0.2) is 23.3 Å². The number of likely N-dealkylation sites (N-methyl/N-ethyl adjacent to an activating group) is 1. The SMILES string of the molecule is CN1CCN(C2CCc3[nH]n(-c4ncccn4)c(=O)c3C2)CC1. The van der Waals surface area contributed by atoms with Crippen LogP contribution in [-0.2, 0) is 12.8 Å². The maximum Gasteiger partial charge on any atom is 0.277 e. The van der Waals surface area contributed by atoms with Crippen molar-refractivity contribution in [3.05, 3.63) is 40.1 Å². The molecule has 0 spiro atoms. The average Bonchev–Trinajstić information content (AvgIpc) is 2.93. The Balaban J connectivity index is 1.58. The summed E-state index contributed by atoms with van der Waals surface area (Å²) in [5.41, 5.74) is 1.96. The van der Waals surface area contributed by atoms with Crippen molar-refractivity contribution in [1.29, 1.82) is 0 Å². The van der Waals surface area contributed by atoms with Gasteiger partial charge in [0.25, 0.3) is 11.5 Å². The van der Waals surface area contributed by atoms with Crippen molar-refractivity contribution in [2.75, 3.05) is 33.2 Å². The first-order valence-corrected chi connectivity index (χ1v) is 8.25. The van der Waals surface area contributed by atoms with Crippen LogP contribution < -0.4 is 5.56 Å². The van der Waals surface area contributed by atoms with Crippen LogP contribution in [0.3, 0.4) is 0 Å². The molecule has 1 atom stereocenters. The Labute approximate surface area is 134 Å². The van der Waals surface area contributed by atoms with Gasteiger partial charge in [-0.1, -0.05) is 0 Å². The molecule has 122 valence electrons. The Morgan fingerprint density at radius 1 is 1.17 bits per heavy atom. The molecule has 0 saturated carbocycles. The number of hydrogen-bond donors (Lipinski definition) is 1. The van der Waals surface area contributed by atoms with Crippen LogP contribution in [0, 0.1) is 0 Å². The fourth-order valence-electron chi connectivity index (χ4n) is 3.63. The number of H-pyrrole nitrogens is 1. The van der Waals surface area contributed by atoms with E-state index in [2.05, 4.69) is 31.9 Å². The van der Waals surface area contributed by atoms with Crippen molar-refractivity contribution < 1.29 is 0 Å². The highest BCUT2D eigenvalue weighted by Gasteiger charge is 2.30. The van der Waals surface area contributed by atoms with Gasteiger partial charge < -0.3 is 4.90 Å². The average molecular weight is 314 g/mol. The van der Waals surface area contributed by atoms with E-state index in [1.165, 1.54) is 4.68 Å². The zero-order chi connectivity index (χ0) is 15.8. The Morgan fingerprint density at radius 3 is 2.65 bits per heavy atom. The summed E-state index contributed by atoms with van der Waals surface area (Å²) in [4.78, 5) is 26.0. The van der Waals surface area contributed by atoms with E-state index >= 15 is 0 Å². The van der Waals surface area contributed by atoms with Gasteiger partial charge in [0.15, 0.2) is 0 Å². The minimum absolute atomic E-state index is 0.00466. The molecule has 4 rings (SSSR count). The number of aromatic amines is 1. The summed E-state index contributed by atoms with van der Waals surface area (Å²) in [5, 5.41) is 3.20. The Morgan fingerprint density at radius 2 is 1.91 bits per heavy atom. The van der Waals surface area contributed by atoms with Crippen molar-refractivity contribution in [1.82, 2.24) is 29.5 Å². The fourth-order valence-corrected chi connectivity index (χ4v) is 3.63. The predicted octanol–water partition coefficient (Wildman–Crippen LogP) is 0.0603. The molecule has 2 aromatic rings. The van der Waals surface area contributed by atoms with Crippen molar-refractivity contribution in [3.8, 4) is 5.95 Å². The first-order chi connectivity index (χ1) is 11.2. The zero-order valence-corrected chi connectivity index (χ0v) is 13.4. The Hall–Kier alpha value is -1.99. The van der Waals surface area contributed by atoms with E-state index in [9.17, 15) is 4.79 Å². The van der Waals surface area contributed by atoms with Gasteiger partial charge in [0.05, 0.1) is 0 Å². The number of nitrogens with one attached hydrogen (secondary N) is 1. The second-order valence-corrected chi connectivity index (χ2v) is 6.49. The molecule has 1 unspecified atom stereocenters. The van der Waals surface area contributed by atoms with Gasteiger partial charge in [-0.2, -0.15) is 4.68 Å². The topological polar surface area (TPSA) is 70.1 Å². The highest BCUT2D eigenvalue weighted by Crippen LogP contribution is 2.22. The van der Waals surface area contributed by atoms with Gasteiger partial charge >= 0.3 is 0 Å². The van der Waals surface area contributed by atoms with Crippen LogP contribution in [0.1, 0.15) is 17.7 Å². The maximum atomic E-state index is 12.7. The van der Waals surface area contributed by atoms with E-state index in [4.69, 9.17) is 0 Å². The van der Waals surface area contributed by atoms with Gasteiger partial charge in [-0.15, -0.1) is 0 Å². The van der Waals surface area contributed by atoms with Gasteiger partial charge in [0.1, 0.15) is 0 Å². The number of hydrogen-bond acceptors (Lipinski definition) is 5. The van der Waals surface area contributed by atoms with Crippen LogP contribution in [0.2, 0.25) is 0 Å². The van der Waals surface area contributed by atoms with E-state index in [0.29, 0.717) is 12.0 Å². The molecule has 2 aromatic heterocycles. The lowest BCUT2D eigenvalue weighted by molar-refractivity contribution is 0.103. The molecule has 7 nitrogen and oxygen atoms in total. The van der Waals surface area contributed by atoms with Crippen LogP contribution >= 0.6 is 0 Å². The third-order valence-electron chi connectivity index (χ3n) is 5.05. The third-order valence-corrected chi connectivity index (χ3v) is 5.05. The molecule has 0 aromatic carbocycles.